The zero-order chi connectivity index (χ0) is 21.8. The number of hydrogen-bond donors (Lipinski definition) is 1. The van der Waals surface area contributed by atoms with E-state index in [0.29, 0.717) is 31.0 Å². The second-order valence-electron chi connectivity index (χ2n) is 7.04. The summed E-state index contributed by atoms with van der Waals surface area (Å²) in [5, 5.41) is 2.95. The highest BCUT2D eigenvalue weighted by Crippen LogP contribution is 2.18. The zero-order valence-corrected chi connectivity index (χ0v) is 18.1. The van der Waals surface area contributed by atoms with Crippen LogP contribution in [0.1, 0.15) is 38.7 Å². The van der Waals surface area contributed by atoms with E-state index < -0.39 is 6.04 Å². The number of nitrogens with zero attached hydrogens (tertiary/aromatic N) is 1. The van der Waals surface area contributed by atoms with Gasteiger partial charge in [-0.15, -0.1) is 0 Å². The lowest BCUT2D eigenvalue weighted by Crippen LogP contribution is -2.50. The third-order valence-corrected chi connectivity index (χ3v) is 4.81. The first kappa shape index (κ1) is 23.3. The van der Waals surface area contributed by atoms with Crippen molar-refractivity contribution in [2.45, 2.75) is 45.7 Å². The van der Waals surface area contributed by atoms with Gasteiger partial charge in [-0.05, 0) is 42.7 Å². The van der Waals surface area contributed by atoms with Crippen LogP contribution in [0.3, 0.4) is 0 Å². The fourth-order valence-corrected chi connectivity index (χ4v) is 3.14. The number of methoxy groups -OCH3 is 1. The molecule has 0 aliphatic rings. The maximum absolute atomic E-state index is 13.1. The van der Waals surface area contributed by atoms with Gasteiger partial charge in [0.05, 0.1) is 7.11 Å². The van der Waals surface area contributed by atoms with Crippen LogP contribution in [0, 0.1) is 0 Å². The van der Waals surface area contributed by atoms with E-state index in [-0.39, 0.29) is 18.4 Å². The van der Waals surface area contributed by atoms with Crippen molar-refractivity contribution in [2.75, 3.05) is 20.3 Å². The molecule has 0 bridgehead atoms. The van der Waals surface area contributed by atoms with Crippen molar-refractivity contribution < 1.29 is 19.1 Å². The summed E-state index contributed by atoms with van der Waals surface area (Å²) in [7, 11) is 1.60. The minimum absolute atomic E-state index is 0.132. The molecule has 0 aliphatic carbocycles. The lowest BCUT2D eigenvalue weighted by molar-refractivity contribution is -0.143. The minimum Gasteiger partial charge on any atom is -0.497 e. The average Bonchev–Trinajstić information content (AvgIpc) is 2.78. The van der Waals surface area contributed by atoms with E-state index in [4.69, 9.17) is 9.47 Å². The molecule has 2 aromatic carbocycles. The van der Waals surface area contributed by atoms with Crippen LogP contribution in [0.4, 0.5) is 0 Å². The Labute approximate surface area is 179 Å². The van der Waals surface area contributed by atoms with E-state index >= 15 is 0 Å². The third kappa shape index (κ3) is 7.10. The van der Waals surface area contributed by atoms with Crippen molar-refractivity contribution in [3.8, 4) is 11.5 Å². The molecule has 0 fully saturated rings. The van der Waals surface area contributed by atoms with Gasteiger partial charge in [0.15, 0.2) is 6.61 Å². The Kier molecular flexibility index (Phi) is 9.71. The van der Waals surface area contributed by atoms with Gasteiger partial charge in [-0.1, -0.05) is 50.6 Å². The van der Waals surface area contributed by atoms with Gasteiger partial charge in [0.25, 0.3) is 5.91 Å². The second kappa shape index (κ2) is 12.5. The van der Waals surface area contributed by atoms with Crippen LogP contribution in [0.25, 0.3) is 0 Å². The van der Waals surface area contributed by atoms with E-state index in [1.807, 2.05) is 49.4 Å². The predicted octanol–water partition coefficient (Wildman–Crippen LogP) is 3.80. The van der Waals surface area contributed by atoms with Gasteiger partial charge < -0.3 is 19.7 Å². The lowest BCUT2D eigenvalue weighted by Gasteiger charge is -2.30. The Morgan fingerprint density at radius 2 is 1.77 bits per heavy atom. The standard InChI is InChI=1S/C24H32N2O4/c1-4-6-15-25-24(28)22(5-2)26(17-19-11-10-14-21(16-19)29-3)23(27)18-30-20-12-8-7-9-13-20/h7-14,16,22H,4-6,15,17-18H2,1-3H3,(H,25,28)/t22-/m1/s1. The molecule has 0 spiro atoms. The van der Waals surface area contributed by atoms with Gasteiger partial charge in [-0.2, -0.15) is 0 Å². The molecule has 1 atom stereocenters. The normalized spacial score (nSPS) is 11.4. The molecule has 0 radical (unpaired) electrons. The number of carbonyl (C=O) groups is 2. The first-order chi connectivity index (χ1) is 14.6. The van der Waals surface area contributed by atoms with Crippen LogP contribution in [-0.2, 0) is 16.1 Å². The molecule has 2 amide bonds. The van der Waals surface area contributed by atoms with Gasteiger partial charge in [0.2, 0.25) is 5.91 Å². The number of amides is 2. The van der Waals surface area contributed by atoms with E-state index in [0.717, 1.165) is 18.4 Å². The Bertz CT molecular complexity index is 795. The van der Waals surface area contributed by atoms with Gasteiger partial charge in [0, 0.05) is 13.1 Å². The van der Waals surface area contributed by atoms with Gasteiger partial charge in [-0.25, -0.2) is 0 Å². The summed E-state index contributed by atoms with van der Waals surface area (Å²) in [6.45, 7) is 4.76. The highest BCUT2D eigenvalue weighted by Gasteiger charge is 2.28. The summed E-state index contributed by atoms with van der Waals surface area (Å²) in [6.07, 6.45) is 2.41. The number of hydrogen-bond acceptors (Lipinski definition) is 4. The molecule has 6 nitrogen and oxygen atoms in total. The smallest absolute Gasteiger partial charge is 0.261 e. The van der Waals surface area contributed by atoms with Crippen molar-refractivity contribution in [1.29, 1.82) is 0 Å². The molecular weight excluding hydrogens is 380 g/mol. The number of ether oxygens (including phenoxy) is 2. The maximum Gasteiger partial charge on any atom is 0.261 e. The topological polar surface area (TPSA) is 67.9 Å². The van der Waals surface area contributed by atoms with E-state index in [1.54, 1.807) is 24.1 Å². The SMILES string of the molecule is CCCCNC(=O)[C@@H](CC)N(Cc1cccc(OC)c1)C(=O)COc1ccccc1. The van der Waals surface area contributed by atoms with Crippen LogP contribution in [0.5, 0.6) is 11.5 Å². The molecule has 0 heterocycles. The molecule has 0 aromatic heterocycles. The second-order valence-corrected chi connectivity index (χ2v) is 7.04. The van der Waals surface area contributed by atoms with E-state index in [9.17, 15) is 9.59 Å². The van der Waals surface area contributed by atoms with E-state index in [1.165, 1.54) is 0 Å². The number of nitrogens with one attached hydrogen (secondary N) is 1. The molecular formula is C24H32N2O4. The van der Waals surface area contributed by atoms with Crippen LogP contribution in [0.15, 0.2) is 54.6 Å². The van der Waals surface area contributed by atoms with E-state index in [2.05, 4.69) is 12.2 Å². The Balaban J connectivity index is 2.18. The number of benzene rings is 2. The molecule has 30 heavy (non-hydrogen) atoms. The first-order valence-corrected chi connectivity index (χ1v) is 10.5. The van der Waals surface area contributed by atoms with Gasteiger partial charge in [-0.3, -0.25) is 9.59 Å². The molecule has 0 saturated heterocycles. The Morgan fingerprint density at radius 1 is 1.03 bits per heavy atom. The Hall–Kier alpha value is -3.02. The molecule has 0 aliphatic heterocycles. The van der Waals surface area contributed by atoms with Crippen molar-refractivity contribution >= 4 is 11.8 Å². The molecule has 0 unspecified atom stereocenters. The summed E-state index contributed by atoms with van der Waals surface area (Å²) < 4.78 is 11.0. The van der Waals surface area contributed by atoms with Gasteiger partial charge >= 0.3 is 0 Å². The average molecular weight is 413 g/mol. The molecule has 2 rings (SSSR count). The summed E-state index contributed by atoms with van der Waals surface area (Å²) in [5.74, 6) is 0.953. The fraction of sp³-hybridized carbons (Fsp3) is 0.417. The summed E-state index contributed by atoms with van der Waals surface area (Å²) >= 11 is 0. The first-order valence-electron chi connectivity index (χ1n) is 10.5. The summed E-state index contributed by atoms with van der Waals surface area (Å²) in [4.78, 5) is 27.5. The van der Waals surface area contributed by atoms with Crippen LogP contribution < -0.4 is 14.8 Å². The minimum atomic E-state index is -0.570. The van der Waals surface area contributed by atoms with Gasteiger partial charge in [0.1, 0.15) is 17.5 Å². The zero-order valence-electron chi connectivity index (χ0n) is 18.1. The summed E-state index contributed by atoms with van der Waals surface area (Å²) in [6, 6.07) is 16.1. The van der Waals surface area contributed by atoms with Crippen LogP contribution >= 0.6 is 0 Å². The molecule has 0 saturated carbocycles. The van der Waals surface area contributed by atoms with Crippen LogP contribution in [-0.4, -0.2) is 43.0 Å². The van der Waals surface area contributed by atoms with Crippen LogP contribution in [0.2, 0.25) is 0 Å². The number of unbranched alkanes of at least 4 members (excludes halogenated alkanes) is 1. The highest BCUT2D eigenvalue weighted by molar-refractivity contribution is 5.88. The lowest BCUT2D eigenvalue weighted by atomic mass is 10.1. The quantitative estimate of drug-likeness (QED) is 0.539. The molecule has 1 N–H and O–H groups in total. The van der Waals surface area contributed by atoms with Crippen molar-refractivity contribution in [1.82, 2.24) is 10.2 Å². The third-order valence-electron chi connectivity index (χ3n) is 4.81. The van der Waals surface area contributed by atoms with Crippen molar-refractivity contribution in [2.24, 2.45) is 0 Å². The number of carbonyl (C=O) groups excluding carboxylic acids is 2. The summed E-state index contributed by atoms with van der Waals surface area (Å²) in [5.41, 5.74) is 0.891. The molecule has 6 heteroatoms. The predicted molar refractivity (Wildman–Crippen MR) is 117 cm³/mol. The largest absolute Gasteiger partial charge is 0.497 e. The van der Waals surface area contributed by atoms with Crippen molar-refractivity contribution in [3.05, 3.63) is 60.2 Å². The van der Waals surface area contributed by atoms with Crippen molar-refractivity contribution in [3.63, 3.8) is 0 Å². The number of para-hydroxylation sites is 1. The molecule has 162 valence electrons. The molecule has 2 aromatic rings. The Morgan fingerprint density at radius 3 is 2.43 bits per heavy atom. The number of rotatable bonds is 12. The highest BCUT2D eigenvalue weighted by atomic mass is 16.5. The fourth-order valence-electron chi connectivity index (χ4n) is 3.14. The monoisotopic (exact) mass is 412 g/mol. The maximum atomic E-state index is 13.1.